The highest BCUT2D eigenvalue weighted by atomic mass is 35.5. The van der Waals surface area contributed by atoms with Gasteiger partial charge in [-0.25, -0.2) is 0 Å². The van der Waals surface area contributed by atoms with E-state index in [1.165, 1.54) is 6.26 Å². The number of nitrogens with one attached hydrogen (secondary N) is 2. The molecule has 0 spiro atoms. The maximum Gasteiger partial charge on any atom is 0.235 e. The molecule has 1 aromatic heterocycles. The van der Waals surface area contributed by atoms with Crippen LogP contribution in [-0.2, 0) is 9.47 Å². The molecule has 1 aliphatic carbocycles. The van der Waals surface area contributed by atoms with Crippen molar-refractivity contribution in [3.05, 3.63) is 83.6 Å². The number of hydrogen-bond donors (Lipinski definition) is 2. The molecule has 0 amide bonds. The molecule has 2 heterocycles. The molecule has 0 bridgehead atoms. The van der Waals surface area contributed by atoms with E-state index in [4.69, 9.17) is 21.1 Å². The molecule has 0 fully saturated rings. The Labute approximate surface area is 161 Å². The minimum atomic E-state index is 0.0548. The summed E-state index contributed by atoms with van der Waals surface area (Å²) >= 11 is 6.02. The van der Waals surface area contributed by atoms with Crippen LogP contribution in [0, 0.1) is 0 Å². The smallest absolute Gasteiger partial charge is 0.235 e. The lowest BCUT2D eigenvalue weighted by Gasteiger charge is -2.19. The van der Waals surface area contributed by atoms with Crippen molar-refractivity contribution in [2.24, 2.45) is 0 Å². The lowest BCUT2D eigenvalue weighted by molar-refractivity contribution is 0.233. The molecule has 2 aromatic rings. The topological polar surface area (TPSA) is 81.2 Å². The Morgan fingerprint density at radius 3 is 2.56 bits per heavy atom. The van der Waals surface area contributed by atoms with Crippen molar-refractivity contribution in [2.75, 3.05) is 10.6 Å². The SMILES string of the molecule is Clc1nc(NC2=COC=C(C3=CC=CCC3)O2)nc(Nc2ccccc2)n1. The number of anilines is 3. The molecule has 136 valence electrons. The summed E-state index contributed by atoms with van der Waals surface area (Å²) in [4.78, 5) is 12.5. The van der Waals surface area contributed by atoms with Gasteiger partial charge in [-0.1, -0.05) is 36.4 Å². The van der Waals surface area contributed by atoms with E-state index in [1.54, 1.807) is 6.26 Å². The third-order valence-corrected chi connectivity index (χ3v) is 3.94. The van der Waals surface area contributed by atoms with Gasteiger partial charge in [-0.3, -0.25) is 5.32 Å². The molecular weight excluding hydrogens is 366 g/mol. The molecule has 4 rings (SSSR count). The third-order valence-electron chi connectivity index (χ3n) is 3.77. The molecular formula is C19H16ClN5O2. The number of benzene rings is 1. The Bertz CT molecular complexity index is 954. The molecule has 8 heteroatoms. The van der Waals surface area contributed by atoms with Gasteiger partial charge in [-0.15, -0.1) is 0 Å². The summed E-state index contributed by atoms with van der Waals surface area (Å²) in [6, 6.07) is 9.54. The maximum absolute atomic E-state index is 6.02. The van der Waals surface area contributed by atoms with Gasteiger partial charge >= 0.3 is 0 Å². The minimum absolute atomic E-state index is 0.0548. The van der Waals surface area contributed by atoms with Gasteiger partial charge in [0.2, 0.25) is 23.1 Å². The predicted octanol–water partition coefficient (Wildman–Crippen LogP) is 4.64. The largest absolute Gasteiger partial charge is 0.463 e. The van der Waals surface area contributed by atoms with Crippen LogP contribution in [0.3, 0.4) is 0 Å². The van der Waals surface area contributed by atoms with E-state index in [-0.39, 0.29) is 11.2 Å². The van der Waals surface area contributed by atoms with Gasteiger partial charge in [-0.05, 0) is 42.1 Å². The van der Waals surface area contributed by atoms with Crippen molar-refractivity contribution in [3.63, 3.8) is 0 Å². The number of rotatable bonds is 5. The Balaban J connectivity index is 1.47. The molecule has 0 saturated carbocycles. The maximum atomic E-state index is 6.02. The van der Waals surface area contributed by atoms with E-state index in [0.717, 1.165) is 24.1 Å². The van der Waals surface area contributed by atoms with Crippen molar-refractivity contribution < 1.29 is 9.47 Å². The van der Waals surface area contributed by atoms with Crippen LogP contribution in [0.15, 0.2) is 78.3 Å². The average Bonchev–Trinajstić information content (AvgIpc) is 2.69. The molecule has 0 radical (unpaired) electrons. The molecule has 2 aliphatic rings. The molecule has 0 atom stereocenters. The first-order valence-corrected chi connectivity index (χ1v) is 8.74. The first-order chi connectivity index (χ1) is 13.3. The molecule has 2 N–H and O–H groups in total. The standard InChI is InChI=1S/C19H16ClN5O2/c20-17-23-18(21-14-9-5-2-6-10-14)25-19(24-17)22-16-12-26-11-15(27-16)13-7-3-1-4-8-13/h1-3,5-7,9-12H,4,8H2,(H2,21,22,23,24,25). The molecule has 0 unspecified atom stereocenters. The summed E-state index contributed by atoms with van der Waals surface area (Å²) in [5, 5.41) is 6.09. The lowest BCUT2D eigenvalue weighted by atomic mass is 10.0. The number of ether oxygens (including phenoxy) is 2. The second-order valence-corrected chi connectivity index (χ2v) is 6.07. The molecule has 1 aliphatic heterocycles. The van der Waals surface area contributed by atoms with Crippen LogP contribution in [0.4, 0.5) is 17.6 Å². The highest BCUT2D eigenvalue weighted by molar-refractivity contribution is 6.28. The minimum Gasteiger partial charge on any atom is -0.463 e. The van der Waals surface area contributed by atoms with Gasteiger partial charge < -0.3 is 14.8 Å². The molecule has 1 aromatic carbocycles. The fourth-order valence-corrected chi connectivity index (χ4v) is 2.71. The molecule has 27 heavy (non-hydrogen) atoms. The van der Waals surface area contributed by atoms with Crippen LogP contribution in [-0.4, -0.2) is 15.0 Å². The zero-order chi connectivity index (χ0) is 18.5. The summed E-state index contributed by atoms with van der Waals surface area (Å²) in [6.07, 6.45) is 11.0. The van der Waals surface area contributed by atoms with Gasteiger partial charge in [0, 0.05) is 5.69 Å². The van der Waals surface area contributed by atoms with Crippen molar-refractivity contribution in [2.45, 2.75) is 12.8 Å². The first kappa shape index (κ1) is 17.1. The zero-order valence-corrected chi connectivity index (χ0v) is 15.0. The fourth-order valence-electron chi connectivity index (χ4n) is 2.55. The number of nitrogens with zero attached hydrogens (tertiary/aromatic N) is 3. The van der Waals surface area contributed by atoms with Crippen molar-refractivity contribution in [1.82, 2.24) is 15.0 Å². The summed E-state index contributed by atoms with van der Waals surface area (Å²) in [5.74, 6) is 1.56. The average molecular weight is 382 g/mol. The third kappa shape index (κ3) is 4.45. The van der Waals surface area contributed by atoms with Crippen molar-refractivity contribution in [1.29, 1.82) is 0 Å². The van der Waals surface area contributed by atoms with E-state index >= 15 is 0 Å². The molecule has 7 nitrogen and oxygen atoms in total. The molecule has 0 saturated heterocycles. The lowest BCUT2D eigenvalue weighted by Crippen LogP contribution is -2.13. The fraction of sp³-hybridized carbons (Fsp3) is 0.105. The normalized spacial score (nSPS) is 15.7. The monoisotopic (exact) mass is 381 g/mol. The summed E-state index contributed by atoms with van der Waals surface area (Å²) in [6.45, 7) is 0. The van der Waals surface area contributed by atoms with E-state index in [2.05, 4.69) is 31.7 Å². The van der Waals surface area contributed by atoms with E-state index < -0.39 is 0 Å². The van der Waals surface area contributed by atoms with Gasteiger partial charge in [0.1, 0.15) is 6.26 Å². The Hall–Kier alpha value is -3.32. The number of hydrogen-bond acceptors (Lipinski definition) is 7. The van der Waals surface area contributed by atoms with Crippen LogP contribution >= 0.6 is 11.6 Å². The van der Waals surface area contributed by atoms with Crippen molar-refractivity contribution in [3.8, 4) is 0 Å². The number of allylic oxidation sites excluding steroid dienone is 4. The highest BCUT2D eigenvalue weighted by Crippen LogP contribution is 2.26. The van der Waals surface area contributed by atoms with Gasteiger partial charge in [0.15, 0.2) is 12.0 Å². The second kappa shape index (κ2) is 7.92. The number of halogens is 1. The quantitative estimate of drug-likeness (QED) is 0.780. The van der Waals surface area contributed by atoms with Crippen LogP contribution in [0.2, 0.25) is 5.28 Å². The van der Waals surface area contributed by atoms with E-state index in [9.17, 15) is 0 Å². The van der Waals surface area contributed by atoms with Crippen molar-refractivity contribution >= 4 is 29.2 Å². The number of aromatic nitrogens is 3. The van der Waals surface area contributed by atoms with Crippen LogP contribution in [0.5, 0.6) is 0 Å². The Morgan fingerprint density at radius 1 is 0.963 bits per heavy atom. The van der Waals surface area contributed by atoms with E-state index in [1.807, 2.05) is 42.5 Å². The van der Waals surface area contributed by atoms with E-state index in [0.29, 0.717) is 17.6 Å². The summed E-state index contributed by atoms with van der Waals surface area (Å²) in [5.41, 5.74) is 1.90. The Kier molecular flexibility index (Phi) is 5.02. The summed E-state index contributed by atoms with van der Waals surface area (Å²) in [7, 11) is 0. The van der Waals surface area contributed by atoms with Gasteiger partial charge in [0.25, 0.3) is 0 Å². The van der Waals surface area contributed by atoms with Gasteiger partial charge in [-0.2, -0.15) is 15.0 Å². The second-order valence-electron chi connectivity index (χ2n) is 5.73. The summed E-state index contributed by atoms with van der Waals surface area (Å²) < 4.78 is 11.2. The Morgan fingerprint density at radius 2 is 1.78 bits per heavy atom. The van der Waals surface area contributed by atoms with Crippen LogP contribution < -0.4 is 10.6 Å². The highest BCUT2D eigenvalue weighted by Gasteiger charge is 2.16. The first-order valence-electron chi connectivity index (χ1n) is 8.37. The zero-order valence-electron chi connectivity index (χ0n) is 14.2. The van der Waals surface area contributed by atoms with Crippen LogP contribution in [0.25, 0.3) is 0 Å². The number of para-hydroxylation sites is 1. The predicted molar refractivity (Wildman–Crippen MR) is 103 cm³/mol. The van der Waals surface area contributed by atoms with Gasteiger partial charge in [0.05, 0.1) is 0 Å². The van der Waals surface area contributed by atoms with Crippen LogP contribution in [0.1, 0.15) is 12.8 Å².